The molecule has 0 aromatic heterocycles. The van der Waals surface area contributed by atoms with Gasteiger partial charge >= 0.3 is 0 Å². The van der Waals surface area contributed by atoms with Crippen molar-refractivity contribution in [3.63, 3.8) is 0 Å². The van der Waals surface area contributed by atoms with Crippen molar-refractivity contribution < 1.29 is 4.79 Å². The molecule has 1 aliphatic carbocycles. The molecule has 0 saturated heterocycles. The van der Waals surface area contributed by atoms with Crippen LogP contribution in [0.15, 0.2) is 76.9 Å². The van der Waals surface area contributed by atoms with Crippen LogP contribution >= 0.6 is 11.6 Å². The number of carbonyl (C=O) groups excluding carboxylic acids is 1. The highest BCUT2D eigenvalue weighted by atomic mass is 35.5. The lowest BCUT2D eigenvalue weighted by molar-refractivity contribution is -0.104. The van der Waals surface area contributed by atoms with E-state index in [1.54, 1.807) is 6.08 Å². The molecule has 1 heterocycles. The average Bonchev–Trinajstić information content (AvgIpc) is 2.94. The highest BCUT2D eigenvalue weighted by Gasteiger charge is 2.24. The first-order chi connectivity index (χ1) is 14.5. The zero-order valence-electron chi connectivity index (χ0n) is 17.7. The number of hydrogen-bond donors (Lipinski definition) is 3. The molecule has 3 N–H and O–H groups in total. The summed E-state index contributed by atoms with van der Waals surface area (Å²) in [6.45, 7) is 3.55. The van der Waals surface area contributed by atoms with E-state index in [1.807, 2.05) is 43.4 Å². The molecule has 0 saturated carbocycles. The van der Waals surface area contributed by atoms with Crippen molar-refractivity contribution in [2.24, 2.45) is 4.99 Å². The van der Waals surface area contributed by atoms with E-state index >= 15 is 0 Å². The van der Waals surface area contributed by atoms with E-state index < -0.39 is 0 Å². The van der Waals surface area contributed by atoms with Crippen LogP contribution in [0.2, 0.25) is 5.02 Å². The molecule has 0 bridgehead atoms. The number of hydrogen-bond acceptors (Lipinski definition) is 6. The third-order valence-corrected chi connectivity index (χ3v) is 4.74. The van der Waals surface area contributed by atoms with E-state index in [0.29, 0.717) is 11.6 Å². The van der Waals surface area contributed by atoms with Crippen LogP contribution in [0.1, 0.15) is 13.3 Å². The first-order valence-electron chi connectivity index (χ1n) is 9.90. The van der Waals surface area contributed by atoms with Gasteiger partial charge in [-0.15, -0.1) is 0 Å². The molecule has 1 unspecified atom stereocenters. The van der Waals surface area contributed by atoms with Crippen molar-refractivity contribution in [1.29, 1.82) is 0 Å². The number of rotatable bonds is 7. The molecule has 7 heteroatoms. The number of halogens is 1. The number of aliphatic imine (C=N–C) groups is 1. The molecule has 0 spiro atoms. The van der Waals surface area contributed by atoms with Gasteiger partial charge in [0.05, 0.1) is 6.54 Å². The normalized spacial score (nSPS) is 18.2. The number of nitrogens with zero attached hydrogens (tertiary/aromatic N) is 2. The fourth-order valence-electron chi connectivity index (χ4n) is 2.93. The molecular weight excluding hydrogens is 398 g/mol. The van der Waals surface area contributed by atoms with E-state index in [9.17, 15) is 4.79 Å². The van der Waals surface area contributed by atoms with E-state index in [-0.39, 0.29) is 6.17 Å². The van der Waals surface area contributed by atoms with Gasteiger partial charge in [-0.3, -0.25) is 9.80 Å². The van der Waals surface area contributed by atoms with Crippen molar-refractivity contribution >= 4 is 29.4 Å². The molecule has 0 radical (unpaired) electrons. The predicted molar refractivity (Wildman–Crippen MR) is 127 cm³/mol. The maximum atomic E-state index is 9.93. The maximum Gasteiger partial charge on any atom is 0.144 e. The van der Waals surface area contributed by atoms with Gasteiger partial charge in [-0.2, -0.15) is 0 Å². The summed E-state index contributed by atoms with van der Waals surface area (Å²) in [5.41, 5.74) is 6.86. The van der Waals surface area contributed by atoms with Crippen LogP contribution in [0.4, 0.5) is 5.69 Å². The zero-order chi connectivity index (χ0) is 21.8. The largest absolute Gasteiger partial charge is 0.382 e. The molecule has 3 rings (SSSR count). The van der Waals surface area contributed by atoms with E-state index in [0.717, 1.165) is 30.8 Å². The monoisotopic (exact) mass is 427 g/mol. The standard InChI is InChI=1S/C13H20N4.C10H10ClNO/c1-10-7-5-4-6-8-11(10)13-15-12(9-14-2)17(3)16-13;11-9-4-3-5-10(8-9)12-6-1-2-7-13/h4,6-8,13-14,16H,5,9H2,1-3H3;1-5,7-8,12H,6H2/b;2-1+. The lowest BCUT2D eigenvalue weighted by Crippen LogP contribution is -2.40. The van der Waals surface area contributed by atoms with Crippen LogP contribution in [-0.4, -0.2) is 50.5 Å². The Bertz CT molecular complexity index is 857. The quantitative estimate of drug-likeness (QED) is 0.457. The Kier molecular flexibility index (Phi) is 10.1. The molecule has 30 heavy (non-hydrogen) atoms. The summed E-state index contributed by atoms with van der Waals surface area (Å²) in [6.07, 6.45) is 13.6. The van der Waals surface area contributed by atoms with Gasteiger partial charge < -0.3 is 10.6 Å². The predicted octanol–water partition coefficient (Wildman–Crippen LogP) is 3.72. The van der Waals surface area contributed by atoms with Crippen molar-refractivity contribution in [3.05, 3.63) is 76.9 Å². The highest BCUT2D eigenvalue weighted by Crippen LogP contribution is 2.21. The molecule has 0 fully saturated rings. The molecule has 6 nitrogen and oxygen atoms in total. The van der Waals surface area contributed by atoms with E-state index in [4.69, 9.17) is 16.6 Å². The Morgan fingerprint density at radius 3 is 2.97 bits per heavy atom. The average molecular weight is 428 g/mol. The number of allylic oxidation sites excluding steroid dienone is 5. The molecule has 2 aliphatic rings. The van der Waals surface area contributed by atoms with Gasteiger partial charge in [-0.25, -0.2) is 10.4 Å². The minimum absolute atomic E-state index is 0.0438. The molecule has 1 aliphatic heterocycles. The minimum atomic E-state index is 0.0438. The lowest BCUT2D eigenvalue weighted by atomic mass is 10.1. The second kappa shape index (κ2) is 12.8. The van der Waals surface area contributed by atoms with Gasteiger partial charge in [0.25, 0.3) is 0 Å². The number of benzene rings is 1. The second-order valence-corrected chi connectivity index (χ2v) is 7.23. The van der Waals surface area contributed by atoms with Crippen LogP contribution in [0.25, 0.3) is 0 Å². The van der Waals surface area contributed by atoms with Gasteiger partial charge in [0.15, 0.2) is 0 Å². The van der Waals surface area contributed by atoms with Crippen molar-refractivity contribution in [2.75, 3.05) is 32.5 Å². The minimum Gasteiger partial charge on any atom is -0.382 e. The first kappa shape index (κ1) is 23.6. The Morgan fingerprint density at radius 1 is 1.40 bits per heavy atom. The Morgan fingerprint density at radius 2 is 2.23 bits per heavy atom. The molecule has 1 atom stereocenters. The summed E-state index contributed by atoms with van der Waals surface area (Å²) in [5, 5.41) is 8.91. The summed E-state index contributed by atoms with van der Waals surface area (Å²) >= 11 is 5.77. The highest BCUT2D eigenvalue weighted by molar-refractivity contribution is 6.30. The Balaban J connectivity index is 0.000000222. The van der Waals surface area contributed by atoms with Crippen LogP contribution in [0.5, 0.6) is 0 Å². The number of hydrazine groups is 1. The topological polar surface area (TPSA) is 68.8 Å². The van der Waals surface area contributed by atoms with Crippen LogP contribution in [-0.2, 0) is 4.79 Å². The maximum absolute atomic E-state index is 9.93. The Labute approximate surface area is 184 Å². The van der Waals surface area contributed by atoms with Crippen molar-refractivity contribution in [1.82, 2.24) is 15.8 Å². The van der Waals surface area contributed by atoms with Gasteiger partial charge in [0.2, 0.25) is 0 Å². The third kappa shape index (κ3) is 7.63. The zero-order valence-corrected chi connectivity index (χ0v) is 18.5. The fraction of sp³-hybridized carbons (Fsp3) is 0.304. The third-order valence-electron chi connectivity index (χ3n) is 4.50. The van der Waals surface area contributed by atoms with Gasteiger partial charge in [-0.1, -0.05) is 48.0 Å². The van der Waals surface area contributed by atoms with E-state index in [2.05, 4.69) is 47.3 Å². The summed E-state index contributed by atoms with van der Waals surface area (Å²) in [5.74, 6) is 1.04. The fourth-order valence-corrected chi connectivity index (χ4v) is 3.12. The smallest absolute Gasteiger partial charge is 0.144 e. The molecule has 1 aromatic rings. The second-order valence-electron chi connectivity index (χ2n) is 6.79. The molecule has 0 amide bonds. The van der Waals surface area contributed by atoms with Gasteiger partial charge in [0.1, 0.15) is 18.3 Å². The lowest BCUT2D eigenvalue weighted by Gasteiger charge is -2.17. The number of anilines is 1. The number of likely N-dealkylation sites (N-methyl/N-ethyl adjacent to an activating group) is 2. The first-order valence-corrected chi connectivity index (χ1v) is 10.3. The summed E-state index contributed by atoms with van der Waals surface area (Å²) in [7, 11) is 3.94. The van der Waals surface area contributed by atoms with Gasteiger partial charge in [-0.05, 0) is 55.8 Å². The summed E-state index contributed by atoms with van der Waals surface area (Å²) < 4.78 is 0. The van der Waals surface area contributed by atoms with Crippen molar-refractivity contribution in [3.8, 4) is 0 Å². The number of nitrogens with one attached hydrogen (secondary N) is 3. The van der Waals surface area contributed by atoms with Gasteiger partial charge in [0, 0.05) is 24.3 Å². The molecular formula is C23H30ClN5O. The van der Waals surface area contributed by atoms with Crippen LogP contribution in [0.3, 0.4) is 0 Å². The number of carbonyl (C=O) groups is 1. The SMILES string of the molecule is CNCC1=NC(C2=CC=CCC=C2C)NN1C.O=C/C=C/CNc1cccc(Cl)c1. The molecule has 160 valence electrons. The van der Waals surface area contributed by atoms with Crippen LogP contribution < -0.4 is 16.1 Å². The van der Waals surface area contributed by atoms with Crippen LogP contribution in [0, 0.1) is 0 Å². The number of aldehydes is 1. The van der Waals surface area contributed by atoms with E-state index in [1.165, 1.54) is 17.2 Å². The summed E-state index contributed by atoms with van der Waals surface area (Å²) in [6, 6.07) is 7.43. The Hall–Kier alpha value is -2.67. The summed E-state index contributed by atoms with van der Waals surface area (Å²) in [4.78, 5) is 14.6. The van der Waals surface area contributed by atoms with Crippen molar-refractivity contribution in [2.45, 2.75) is 19.5 Å². The molecule has 1 aromatic carbocycles. The number of amidine groups is 1.